The number of rotatable bonds is 5. The van der Waals surface area contributed by atoms with E-state index >= 15 is 0 Å². The van der Waals surface area contributed by atoms with Crippen LogP contribution in [0.1, 0.15) is 56.0 Å². The van der Waals surface area contributed by atoms with Gasteiger partial charge in [-0.1, -0.05) is 49.6 Å². The molecule has 1 saturated carbocycles. The maximum absolute atomic E-state index is 12.6. The number of aryl methyl sites for hydroxylation is 1. The van der Waals surface area contributed by atoms with E-state index in [0.29, 0.717) is 12.3 Å². The fraction of sp³-hybridized carbons (Fsp3) is 0.474. The highest BCUT2D eigenvalue weighted by Crippen LogP contribution is 2.27. The second-order valence-electron chi connectivity index (χ2n) is 6.52. The zero-order valence-corrected chi connectivity index (χ0v) is 13.7. The number of benzene rings is 1. The summed E-state index contributed by atoms with van der Waals surface area (Å²) in [5, 5.41) is 3.20. The SMILES string of the molecule is Cn1ccnc1[C@H](NC(=O)CC1CCCCC1)c1ccccc1. The second kappa shape index (κ2) is 7.44. The van der Waals surface area contributed by atoms with Crippen molar-refractivity contribution in [2.75, 3.05) is 0 Å². The molecule has 0 radical (unpaired) electrons. The van der Waals surface area contributed by atoms with Crippen molar-refractivity contribution in [2.45, 2.75) is 44.6 Å². The minimum atomic E-state index is -0.188. The predicted molar refractivity (Wildman–Crippen MR) is 90.8 cm³/mol. The van der Waals surface area contributed by atoms with Crippen LogP contribution in [-0.2, 0) is 11.8 Å². The molecule has 1 amide bonds. The summed E-state index contributed by atoms with van der Waals surface area (Å²) in [5.41, 5.74) is 1.07. The van der Waals surface area contributed by atoms with Gasteiger partial charge in [0.25, 0.3) is 0 Å². The van der Waals surface area contributed by atoms with Crippen LogP contribution in [0, 0.1) is 5.92 Å². The molecule has 0 aliphatic heterocycles. The smallest absolute Gasteiger partial charge is 0.221 e. The van der Waals surface area contributed by atoms with Crippen LogP contribution in [0.15, 0.2) is 42.7 Å². The molecule has 0 bridgehead atoms. The topological polar surface area (TPSA) is 46.9 Å². The lowest BCUT2D eigenvalue weighted by Gasteiger charge is -2.23. The Hall–Kier alpha value is -2.10. The van der Waals surface area contributed by atoms with Gasteiger partial charge in [-0.15, -0.1) is 0 Å². The van der Waals surface area contributed by atoms with Gasteiger partial charge < -0.3 is 9.88 Å². The molecular formula is C19H25N3O. The van der Waals surface area contributed by atoms with Crippen LogP contribution >= 0.6 is 0 Å². The highest BCUT2D eigenvalue weighted by molar-refractivity contribution is 5.77. The van der Waals surface area contributed by atoms with E-state index in [1.807, 2.05) is 48.1 Å². The first-order chi connectivity index (χ1) is 11.2. The average molecular weight is 311 g/mol. The van der Waals surface area contributed by atoms with Crippen molar-refractivity contribution in [1.29, 1.82) is 0 Å². The Bertz CT molecular complexity index is 629. The largest absolute Gasteiger partial charge is 0.342 e. The number of carbonyl (C=O) groups is 1. The summed E-state index contributed by atoms with van der Waals surface area (Å²) < 4.78 is 1.97. The minimum Gasteiger partial charge on any atom is -0.342 e. The van der Waals surface area contributed by atoms with Gasteiger partial charge in [0.2, 0.25) is 5.91 Å². The summed E-state index contributed by atoms with van der Waals surface area (Å²) in [6.45, 7) is 0. The summed E-state index contributed by atoms with van der Waals surface area (Å²) >= 11 is 0. The first kappa shape index (κ1) is 15.8. The average Bonchev–Trinajstić information content (AvgIpc) is 3.00. The summed E-state index contributed by atoms with van der Waals surface area (Å²) in [5.74, 6) is 1.54. The number of nitrogens with zero attached hydrogens (tertiary/aromatic N) is 2. The Morgan fingerprint density at radius 3 is 2.65 bits per heavy atom. The van der Waals surface area contributed by atoms with Gasteiger partial charge in [0.05, 0.1) is 0 Å². The van der Waals surface area contributed by atoms with Crippen LogP contribution < -0.4 is 5.32 Å². The van der Waals surface area contributed by atoms with Gasteiger partial charge in [0.15, 0.2) is 0 Å². The highest BCUT2D eigenvalue weighted by Gasteiger charge is 2.23. The van der Waals surface area contributed by atoms with Gasteiger partial charge in [-0.3, -0.25) is 4.79 Å². The third-order valence-electron chi connectivity index (χ3n) is 4.75. The first-order valence-electron chi connectivity index (χ1n) is 8.55. The van der Waals surface area contributed by atoms with Crippen molar-refractivity contribution in [3.63, 3.8) is 0 Å². The Balaban J connectivity index is 1.74. The molecule has 1 atom stereocenters. The fourth-order valence-electron chi connectivity index (χ4n) is 3.47. The number of aromatic nitrogens is 2. The van der Waals surface area contributed by atoms with Gasteiger partial charge in [0.1, 0.15) is 11.9 Å². The van der Waals surface area contributed by atoms with Crippen molar-refractivity contribution >= 4 is 5.91 Å². The zero-order chi connectivity index (χ0) is 16.1. The van der Waals surface area contributed by atoms with E-state index in [9.17, 15) is 4.79 Å². The van der Waals surface area contributed by atoms with Gasteiger partial charge in [-0.25, -0.2) is 4.98 Å². The standard InChI is InChI=1S/C19H25N3O/c1-22-13-12-20-19(22)18(16-10-6-3-7-11-16)21-17(23)14-15-8-4-2-5-9-15/h3,6-7,10-13,15,18H,2,4-5,8-9,14H2,1H3,(H,21,23)/t18-/m1/s1. The number of amides is 1. The Labute approximate surface area is 137 Å². The van der Waals surface area contributed by atoms with Crippen molar-refractivity contribution < 1.29 is 4.79 Å². The van der Waals surface area contributed by atoms with E-state index in [1.165, 1.54) is 32.1 Å². The van der Waals surface area contributed by atoms with Crippen LogP contribution in [0.3, 0.4) is 0 Å². The Kier molecular flexibility index (Phi) is 5.11. The van der Waals surface area contributed by atoms with E-state index in [0.717, 1.165) is 11.4 Å². The molecule has 4 heteroatoms. The lowest BCUT2D eigenvalue weighted by molar-refractivity contribution is -0.122. The Morgan fingerprint density at radius 1 is 1.26 bits per heavy atom. The molecule has 2 aromatic rings. The molecule has 3 rings (SSSR count). The van der Waals surface area contributed by atoms with E-state index in [1.54, 1.807) is 6.20 Å². The molecule has 1 aliphatic carbocycles. The lowest BCUT2D eigenvalue weighted by Crippen LogP contribution is -2.32. The van der Waals surface area contributed by atoms with Crippen LogP contribution in [0.5, 0.6) is 0 Å². The van der Waals surface area contributed by atoms with Crippen LogP contribution in [0.25, 0.3) is 0 Å². The van der Waals surface area contributed by atoms with Gasteiger partial charge >= 0.3 is 0 Å². The Morgan fingerprint density at radius 2 is 2.00 bits per heavy atom. The van der Waals surface area contributed by atoms with Crippen molar-refractivity contribution in [3.05, 3.63) is 54.1 Å². The predicted octanol–water partition coefficient (Wildman–Crippen LogP) is 3.60. The number of nitrogens with one attached hydrogen (secondary N) is 1. The lowest BCUT2D eigenvalue weighted by atomic mass is 9.86. The molecule has 122 valence electrons. The molecule has 1 heterocycles. The van der Waals surface area contributed by atoms with E-state index in [-0.39, 0.29) is 11.9 Å². The third-order valence-corrected chi connectivity index (χ3v) is 4.75. The van der Waals surface area contributed by atoms with Gasteiger partial charge in [-0.2, -0.15) is 0 Å². The number of imidazole rings is 1. The van der Waals surface area contributed by atoms with Crippen molar-refractivity contribution in [1.82, 2.24) is 14.9 Å². The van der Waals surface area contributed by atoms with Crippen LogP contribution in [0.4, 0.5) is 0 Å². The van der Waals surface area contributed by atoms with Gasteiger partial charge in [0, 0.05) is 25.9 Å². The van der Waals surface area contributed by atoms with E-state index in [4.69, 9.17) is 0 Å². The summed E-state index contributed by atoms with van der Waals surface area (Å²) in [7, 11) is 1.96. The molecule has 1 fully saturated rings. The summed E-state index contributed by atoms with van der Waals surface area (Å²) in [6.07, 6.45) is 10.5. The zero-order valence-electron chi connectivity index (χ0n) is 13.7. The van der Waals surface area contributed by atoms with Crippen LogP contribution in [0.2, 0.25) is 0 Å². The molecule has 0 saturated heterocycles. The highest BCUT2D eigenvalue weighted by atomic mass is 16.1. The van der Waals surface area contributed by atoms with Gasteiger partial charge in [-0.05, 0) is 24.3 Å². The number of hydrogen-bond donors (Lipinski definition) is 1. The maximum Gasteiger partial charge on any atom is 0.221 e. The summed E-state index contributed by atoms with van der Waals surface area (Å²) in [4.78, 5) is 17.0. The van der Waals surface area contributed by atoms with E-state index in [2.05, 4.69) is 10.3 Å². The molecule has 1 aromatic heterocycles. The second-order valence-corrected chi connectivity index (χ2v) is 6.52. The molecule has 4 nitrogen and oxygen atoms in total. The van der Waals surface area contributed by atoms with Crippen molar-refractivity contribution in [2.24, 2.45) is 13.0 Å². The molecule has 0 spiro atoms. The number of hydrogen-bond acceptors (Lipinski definition) is 2. The maximum atomic E-state index is 12.6. The quantitative estimate of drug-likeness (QED) is 0.917. The monoisotopic (exact) mass is 311 g/mol. The summed E-state index contributed by atoms with van der Waals surface area (Å²) in [6, 6.07) is 9.88. The molecule has 1 aromatic carbocycles. The van der Waals surface area contributed by atoms with Crippen LogP contribution in [-0.4, -0.2) is 15.5 Å². The fourth-order valence-corrected chi connectivity index (χ4v) is 3.47. The molecule has 1 N–H and O–H groups in total. The van der Waals surface area contributed by atoms with Crippen molar-refractivity contribution in [3.8, 4) is 0 Å². The number of carbonyl (C=O) groups excluding carboxylic acids is 1. The molecule has 1 aliphatic rings. The normalized spacial score (nSPS) is 16.9. The first-order valence-corrected chi connectivity index (χ1v) is 8.55. The third kappa shape index (κ3) is 4.01. The molecule has 23 heavy (non-hydrogen) atoms. The van der Waals surface area contributed by atoms with E-state index < -0.39 is 0 Å². The molecular weight excluding hydrogens is 286 g/mol. The minimum absolute atomic E-state index is 0.133. The molecule has 0 unspecified atom stereocenters.